The van der Waals surface area contributed by atoms with Crippen LogP contribution in [0.25, 0.3) is 11.1 Å². The predicted octanol–water partition coefficient (Wildman–Crippen LogP) is 4.60. The van der Waals surface area contributed by atoms with E-state index in [0.717, 1.165) is 27.2 Å². The molecule has 0 amide bonds. The molecule has 39 heavy (non-hydrogen) atoms. The standard InChI is InChI=1S/C28H24ClN3O6S/c29-23-10-6-19(7-11-23)20-8-12-24(13-9-20)39(37,38)32(15-14-31-18-22(17-30-31)26(33)34)28(27(35)36)16-25(28)21-4-2-1-3-5-21/h1-13,17-18,25H,14-16H2,(H,33,34)(H,35,36)/t25-,28+/m0/s1. The second-order valence-corrected chi connectivity index (χ2v) is 11.6. The summed E-state index contributed by atoms with van der Waals surface area (Å²) in [5.74, 6) is -2.96. The Morgan fingerprint density at radius 3 is 2.15 bits per heavy atom. The molecule has 200 valence electrons. The fourth-order valence-corrected chi connectivity index (χ4v) is 6.75. The van der Waals surface area contributed by atoms with Crippen LogP contribution in [0.15, 0.2) is 96.2 Å². The minimum atomic E-state index is -4.29. The Balaban J connectivity index is 1.51. The molecule has 4 aromatic rings. The van der Waals surface area contributed by atoms with Crippen LogP contribution in [0.4, 0.5) is 0 Å². The van der Waals surface area contributed by atoms with Gasteiger partial charge in [0.1, 0.15) is 5.54 Å². The molecule has 1 aliphatic rings. The number of nitrogens with zero attached hydrogens (tertiary/aromatic N) is 3. The molecular formula is C28H24ClN3O6S. The lowest BCUT2D eigenvalue weighted by atomic mass is 10.1. The number of carboxylic acid groups (broad SMARTS) is 2. The van der Waals surface area contributed by atoms with Gasteiger partial charge >= 0.3 is 11.9 Å². The average Bonchev–Trinajstić information content (AvgIpc) is 3.50. The van der Waals surface area contributed by atoms with Gasteiger partial charge in [-0.2, -0.15) is 9.40 Å². The third-order valence-electron chi connectivity index (χ3n) is 6.98. The largest absolute Gasteiger partial charge is 0.480 e. The van der Waals surface area contributed by atoms with Crippen LogP contribution in [0, 0.1) is 0 Å². The van der Waals surface area contributed by atoms with Crippen molar-refractivity contribution in [2.45, 2.75) is 29.3 Å². The fraction of sp³-hybridized carbons (Fsp3) is 0.179. The van der Waals surface area contributed by atoms with Gasteiger partial charge in [0.25, 0.3) is 0 Å². The molecule has 1 aliphatic carbocycles. The molecular weight excluding hydrogens is 542 g/mol. The van der Waals surface area contributed by atoms with E-state index in [0.29, 0.717) is 5.02 Å². The van der Waals surface area contributed by atoms with Crippen molar-refractivity contribution in [3.63, 3.8) is 0 Å². The first-order valence-corrected chi connectivity index (χ1v) is 13.9. The number of aromatic nitrogens is 2. The third kappa shape index (κ3) is 5.06. The van der Waals surface area contributed by atoms with Gasteiger partial charge in [0, 0.05) is 23.7 Å². The zero-order valence-electron chi connectivity index (χ0n) is 20.5. The summed E-state index contributed by atoms with van der Waals surface area (Å²) in [5.41, 5.74) is 0.602. The molecule has 11 heteroatoms. The van der Waals surface area contributed by atoms with Crippen molar-refractivity contribution < 1.29 is 28.2 Å². The molecule has 1 aromatic heterocycles. The second-order valence-electron chi connectivity index (χ2n) is 9.30. The van der Waals surface area contributed by atoms with Gasteiger partial charge in [0.2, 0.25) is 10.0 Å². The van der Waals surface area contributed by atoms with Crippen LogP contribution in [0.3, 0.4) is 0 Å². The highest BCUT2D eigenvalue weighted by atomic mass is 35.5. The van der Waals surface area contributed by atoms with Gasteiger partial charge in [-0.1, -0.05) is 66.2 Å². The topological polar surface area (TPSA) is 130 Å². The van der Waals surface area contributed by atoms with E-state index in [1.807, 2.05) is 18.2 Å². The first-order valence-electron chi connectivity index (χ1n) is 12.1. The van der Waals surface area contributed by atoms with Crippen molar-refractivity contribution >= 4 is 33.6 Å². The number of halogens is 1. The summed E-state index contributed by atoms with van der Waals surface area (Å²) in [5, 5.41) is 24.2. The van der Waals surface area contributed by atoms with Gasteiger partial charge in [-0.05, 0) is 47.4 Å². The summed E-state index contributed by atoms with van der Waals surface area (Å²) in [7, 11) is -4.29. The van der Waals surface area contributed by atoms with Gasteiger partial charge in [-0.3, -0.25) is 9.48 Å². The molecule has 1 fully saturated rings. The normalized spacial score (nSPS) is 18.7. The monoisotopic (exact) mass is 565 g/mol. The molecule has 0 spiro atoms. The van der Waals surface area contributed by atoms with Gasteiger partial charge in [0.05, 0.1) is 23.2 Å². The highest BCUT2D eigenvalue weighted by Gasteiger charge is 2.67. The Bertz CT molecular complexity index is 1620. The van der Waals surface area contributed by atoms with E-state index >= 15 is 0 Å². The summed E-state index contributed by atoms with van der Waals surface area (Å²) >= 11 is 5.97. The molecule has 2 N–H and O–H groups in total. The summed E-state index contributed by atoms with van der Waals surface area (Å²) < 4.78 is 30.4. The first kappa shape index (κ1) is 26.6. The summed E-state index contributed by atoms with van der Waals surface area (Å²) in [6.45, 7) is -0.260. The number of carbonyl (C=O) groups is 2. The number of aliphatic carboxylic acids is 1. The summed E-state index contributed by atoms with van der Waals surface area (Å²) in [6, 6.07) is 22.3. The van der Waals surface area contributed by atoms with Gasteiger partial charge in [0.15, 0.2) is 0 Å². The van der Waals surface area contributed by atoms with Crippen molar-refractivity contribution in [2.24, 2.45) is 0 Å². The van der Waals surface area contributed by atoms with Crippen LogP contribution in [-0.2, 0) is 21.4 Å². The molecule has 3 aromatic carbocycles. The van der Waals surface area contributed by atoms with Crippen LogP contribution in [0.2, 0.25) is 5.02 Å². The highest BCUT2D eigenvalue weighted by Crippen LogP contribution is 2.57. The van der Waals surface area contributed by atoms with Crippen LogP contribution in [0.5, 0.6) is 0 Å². The van der Waals surface area contributed by atoms with Crippen molar-refractivity contribution in [3.8, 4) is 11.1 Å². The lowest BCUT2D eigenvalue weighted by Gasteiger charge is -2.29. The Labute approximate surface area is 229 Å². The van der Waals surface area contributed by atoms with E-state index in [-0.39, 0.29) is 30.0 Å². The van der Waals surface area contributed by atoms with Crippen LogP contribution >= 0.6 is 11.6 Å². The maximum Gasteiger partial charge on any atom is 0.338 e. The van der Waals surface area contributed by atoms with E-state index in [1.165, 1.54) is 23.0 Å². The van der Waals surface area contributed by atoms with E-state index < -0.39 is 33.4 Å². The number of hydrogen-bond acceptors (Lipinski definition) is 5. The summed E-state index contributed by atoms with van der Waals surface area (Å²) in [4.78, 5) is 23.9. The molecule has 0 saturated heterocycles. The highest BCUT2D eigenvalue weighted by molar-refractivity contribution is 7.89. The molecule has 2 atom stereocenters. The Morgan fingerprint density at radius 2 is 1.59 bits per heavy atom. The lowest BCUT2D eigenvalue weighted by Crippen LogP contribution is -2.49. The van der Waals surface area contributed by atoms with Crippen LogP contribution in [0.1, 0.15) is 28.3 Å². The Hall–Kier alpha value is -3.99. The molecule has 1 heterocycles. The van der Waals surface area contributed by atoms with Crippen LogP contribution in [-0.4, -0.2) is 56.7 Å². The quantitative estimate of drug-likeness (QED) is 0.287. The maximum atomic E-state index is 14.0. The number of hydrogen-bond donors (Lipinski definition) is 2. The predicted molar refractivity (Wildman–Crippen MR) is 144 cm³/mol. The third-order valence-corrected chi connectivity index (χ3v) is 9.19. The van der Waals surface area contributed by atoms with Crippen molar-refractivity contribution in [3.05, 3.63) is 107 Å². The molecule has 5 rings (SSSR count). The van der Waals surface area contributed by atoms with Crippen LogP contribution < -0.4 is 0 Å². The van der Waals surface area contributed by atoms with Crippen molar-refractivity contribution in [2.75, 3.05) is 6.54 Å². The molecule has 1 saturated carbocycles. The maximum absolute atomic E-state index is 14.0. The van der Waals surface area contributed by atoms with Gasteiger partial charge in [-0.25, -0.2) is 13.2 Å². The number of sulfonamides is 1. The zero-order chi connectivity index (χ0) is 27.8. The minimum absolute atomic E-state index is 0.0358. The number of benzene rings is 3. The van der Waals surface area contributed by atoms with E-state index in [1.54, 1.807) is 48.5 Å². The second kappa shape index (κ2) is 10.3. The SMILES string of the molecule is O=C(O)c1cnn(CCN([C@]2(C(=O)O)C[C@H]2c2ccccc2)S(=O)(=O)c2ccc(-c3ccc(Cl)cc3)cc2)c1. The van der Waals surface area contributed by atoms with E-state index in [9.17, 15) is 28.2 Å². The molecule has 0 aliphatic heterocycles. The average molecular weight is 566 g/mol. The number of rotatable bonds is 10. The zero-order valence-corrected chi connectivity index (χ0v) is 22.1. The fourth-order valence-electron chi connectivity index (χ4n) is 4.86. The molecule has 0 radical (unpaired) electrons. The Morgan fingerprint density at radius 1 is 0.974 bits per heavy atom. The van der Waals surface area contributed by atoms with Gasteiger partial charge in [-0.15, -0.1) is 0 Å². The Kier molecular flexibility index (Phi) is 7.02. The number of aromatic carboxylic acids is 1. The van der Waals surface area contributed by atoms with Gasteiger partial charge < -0.3 is 10.2 Å². The van der Waals surface area contributed by atoms with E-state index in [2.05, 4.69) is 5.10 Å². The molecule has 0 bridgehead atoms. The first-order chi connectivity index (χ1) is 18.6. The lowest BCUT2D eigenvalue weighted by molar-refractivity contribution is -0.143. The van der Waals surface area contributed by atoms with E-state index in [4.69, 9.17) is 11.6 Å². The summed E-state index contributed by atoms with van der Waals surface area (Å²) in [6.07, 6.45) is 2.55. The number of carboxylic acids is 2. The van der Waals surface area contributed by atoms with Crippen molar-refractivity contribution in [1.82, 2.24) is 14.1 Å². The van der Waals surface area contributed by atoms with Crippen molar-refractivity contribution in [1.29, 1.82) is 0 Å². The molecule has 0 unspecified atom stereocenters. The molecule has 9 nitrogen and oxygen atoms in total. The smallest absolute Gasteiger partial charge is 0.338 e. The minimum Gasteiger partial charge on any atom is -0.480 e.